The Balaban J connectivity index is 1.95. The van der Waals surface area contributed by atoms with E-state index in [9.17, 15) is 8.42 Å². The largest absolute Gasteiger partial charge is 0.252 e. The highest BCUT2D eigenvalue weighted by Crippen LogP contribution is 2.30. The zero-order valence-corrected chi connectivity index (χ0v) is 14.0. The summed E-state index contributed by atoms with van der Waals surface area (Å²) in [6.07, 6.45) is 1.80. The summed E-state index contributed by atoms with van der Waals surface area (Å²) in [5.74, 6) is 0. The lowest BCUT2D eigenvalue weighted by molar-refractivity contribution is 0.411. The zero-order valence-electron chi connectivity index (χ0n) is 10.8. The monoisotopic (exact) mass is 371 g/mol. The molecule has 0 N–H and O–H groups in total. The van der Waals surface area contributed by atoms with E-state index in [1.54, 1.807) is 16.4 Å². The van der Waals surface area contributed by atoms with E-state index in [0.29, 0.717) is 17.3 Å². The first-order valence-electron chi connectivity index (χ1n) is 6.39. The molecule has 0 saturated carbocycles. The van der Waals surface area contributed by atoms with E-state index >= 15 is 0 Å². The predicted molar refractivity (Wildman–Crippen MR) is 84.4 cm³/mol. The molecule has 0 aliphatic carbocycles. The fraction of sp³-hybridized carbons (Fsp3) is 0.286. The second-order valence-corrected chi connectivity index (χ2v) is 9.40. The van der Waals surface area contributed by atoms with Crippen LogP contribution < -0.4 is 0 Å². The molecule has 106 valence electrons. The molecule has 20 heavy (non-hydrogen) atoms. The van der Waals surface area contributed by atoms with Gasteiger partial charge in [-0.2, -0.15) is 4.31 Å². The Morgan fingerprint density at radius 3 is 2.55 bits per heavy atom. The van der Waals surface area contributed by atoms with E-state index in [2.05, 4.69) is 22.0 Å². The fourth-order valence-corrected chi connectivity index (χ4v) is 6.06. The molecule has 0 atom stereocenters. The molecule has 2 heterocycles. The van der Waals surface area contributed by atoms with Gasteiger partial charge in [0.05, 0.1) is 3.79 Å². The quantitative estimate of drug-likeness (QED) is 0.807. The molecule has 3 nitrogen and oxygen atoms in total. The van der Waals surface area contributed by atoms with Crippen molar-refractivity contribution in [3.63, 3.8) is 0 Å². The van der Waals surface area contributed by atoms with Crippen LogP contribution in [-0.2, 0) is 23.0 Å². The lowest BCUT2D eigenvalue weighted by Gasteiger charge is -2.19. The molecule has 0 fully saturated rings. The Labute approximate surface area is 131 Å². The molecule has 3 rings (SSSR count). The van der Waals surface area contributed by atoms with Gasteiger partial charge < -0.3 is 0 Å². The van der Waals surface area contributed by atoms with Crippen molar-refractivity contribution in [1.82, 2.24) is 4.31 Å². The molecule has 2 aromatic rings. The van der Waals surface area contributed by atoms with Crippen LogP contribution in [0.25, 0.3) is 0 Å². The van der Waals surface area contributed by atoms with Crippen molar-refractivity contribution in [3.05, 3.63) is 51.3 Å². The van der Waals surface area contributed by atoms with Crippen LogP contribution in [0.5, 0.6) is 0 Å². The molecule has 1 aromatic carbocycles. The third kappa shape index (κ3) is 2.70. The topological polar surface area (TPSA) is 37.4 Å². The zero-order chi connectivity index (χ0) is 14.2. The van der Waals surface area contributed by atoms with E-state index in [4.69, 9.17) is 0 Å². The number of sulfonamides is 1. The molecule has 0 unspecified atom stereocenters. The Kier molecular flexibility index (Phi) is 3.99. The van der Waals surface area contributed by atoms with Crippen molar-refractivity contribution in [2.75, 3.05) is 6.54 Å². The van der Waals surface area contributed by atoms with Crippen LogP contribution in [-0.4, -0.2) is 19.3 Å². The number of halogens is 1. The number of hydrogen-bond donors (Lipinski definition) is 0. The molecule has 0 saturated heterocycles. The maximum atomic E-state index is 12.7. The lowest BCUT2D eigenvalue weighted by Crippen LogP contribution is -2.30. The molecule has 6 heteroatoms. The van der Waals surface area contributed by atoms with Crippen molar-refractivity contribution in [1.29, 1.82) is 0 Å². The summed E-state index contributed by atoms with van der Waals surface area (Å²) >= 11 is 4.59. The molecule has 1 aliphatic heterocycles. The maximum absolute atomic E-state index is 12.7. The molecule has 0 amide bonds. The van der Waals surface area contributed by atoms with E-state index < -0.39 is 10.0 Å². The summed E-state index contributed by atoms with van der Waals surface area (Å²) in [5, 5.41) is 0. The van der Waals surface area contributed by atoms with Gasteiger partial charge in [0, 0.05) is 13.1 Å². The van der Waals surface area contributed by atoms with Gasteiger partial charge in [0.2, 0.25) is 0 Å². The highest BCUT2D eigenvalue weighted by molar-refractivity contribution is 9.11. The van der Waals surface area contributed by atoms with E-state index in [1.165, 1.54) is 16.9 Å². The van der Waals surface area contributed by atoms with Gasteiger partial charge in [0.15, 0.2) is 0 Å². The third-order valence-corrected chi connectivity index (χ3v) is 7.40. The van der Waals surface area contributed by atoms with Crippen LogP contribution in [0.4, 0.5) is 0 Å². The van der Waals surface area contributed by atoms with Crippen LogP contribution >= 0.6 is 27.3 Å². The minimum Gasteiger partial charge on any atom is -0.206 e. The highest BCUT2D eigenvalue weighted by atomic mass is 79.9. The molecule has 1 aromatic heterocycles. The number of thiophene rings is 1. The number of aryl methyl sites for hydroxylation is 1. The average Bonchev–Trinajstić information content (AvgIpc) is 2.75. The minimum absolute atomic E-state index is 0.406. The minimum atomic E-state index is -3.39. The third-order valence-electron chi connectivity index (χ3n) is 3.46. The van der Waals surface area contributed by atoms with E-state index in [0.717, 1.165) is 22.2 Å². The second-order valence-electron chi connectivity index (χ2n) is 4.77. The van der Waals surface area contributed by atoms with Gasteiger partial charge in [0.25, 0.3) is 10.0 Å². The van der Waals surface area contributed by atoms with Gasteiger partial charge in [-0.15, -0.1) is 11.3 Å². The van der Waals surface area contributed by atoms with E-state index in [1.807, 2.05) is 18.2 Å². The number of benzene rings is 1. The predicted octanol–water partition coefficient (Wildman–Crippen LogP) is 3.65. The van der Waals surface area contributed by atoms with Crippen molar-refractivity contribution < 1.29 is 8.42 Å². The first-order valence-corrected chi connectivity index (χ1v) is 9.44. The standard InChI is InChI=1S/C14H14BrNO2S2/c15-13-7-8-14(19-13)20(17,18)16-9-3-6-11-4-1-2-5-12(11)10-16/h1-2,4-5,7-8H,3,6,9-10H2. The number of nitrogens with zero attached hydrogens (tertiary/aromatic N) is 1. The van der Waals surface area contributed by atoms with Gasteiger partial charge in [-0.3, -0.25) is 0 Å². The second kappa shape index (κ2) is 5.60. The van der Waals surface area contributed by atoms with Crippen LogP contribution in [0, 0.1) is 0 Å². The maximum Gasteiger partial charge on any atom is 0.252 e. The molecule has 0 radical (unpaired) electrons. The van der Waals surface area contributed by atoms with Crippen LogP contribution in [0.15, 0.2) is 44.4 Å². The van der Waals surface area contributed by atoms with Crippen molar-refractivity contribution in [3.8, 4) is 0 Å². The van der Waals surface area contributed by atoms with Gasteiger partial charge in [-0.05, 0) is 52.0 Å². The molecular weight excluding hydrogens is 358 g/mol. The number of fused-ring (bicyclic) bond motifs is 1. The fourth-order valence-electron chi connectivity index (χ4n) is 2.44. The smallest absolute Gasteiger partial charge is 0.206 e. The Morgan fingerprint density at radius 1 is 1.10 bits per heavy atom. The normalized spacial score (nSPS) is 16.6. The molecule has 0 spiro atoms. The van der Waals surface area contributed by atoms with Gasteiger partial charge in [0.1, 0.15) is 4.21 Å². The summed E-state index contributed by atoms with van der Waals surface area (Å²) in [6, 6.07) is 11.5. The van der Waals surface area contributed by atoms with Crippen LogP contribution in [0.1, 0.15) is 17.5 Å². The van der Waals surface area contributed by atoms with Gasteiger partial charge in [-0.1, -0.05) is 24.3 Å². The summed E-state index contributed by atoms with van der Waals surface area (Å²) in [4.78, 5) is 0. The average molecular weight is 372 g/mol. The molecular formula is C14H14BrNO2S2. The van der Waals surface area contributed by atoms with Gasteiger partial charge in [-0.25, -0.2) is 8.42 Å². The highest BCUT2D eigenvalue weighted by Gasteiger charge is 2.28. The summed E-state index contributed by atoms with van der Waals surface area (Å²) in [5.41, 5.74) is 2.38. The van der Waals surface area contributed by atoms with Crippen LogP contribution in [0.3, 0.4) is 0 Å². The Bertz CT molecular complexity index is 724. The number of hydrogen-bond acceptors (Lipinski definition) is 3. The SMILES string of the molecule is O=S(=O)(c1ccc(Br)s1)N1CCCc2ccccc2C1. The summed E-state index contributed by atoms with van der Waals surface area (Å²) < 4.78 is 28.2. The summed E-state index contributed by atoms with van der Waals surface area (Å²) in [7, 11) is -3.39. The Morgan fingerprint density at radius 2 is 1.85 bits per heavy atom. The molecule has 1 aliphatic rings. The van der Waals surface area contributed by atoms with Gasteiger partial charge >= 0.3 is 0 Å². The summed E-state index contributed by atoms with van der Waals surface area (Å²) in [6.45, 7) is 1.04. The lowest BCUT2D eigenvalue weighted by atomic mass is 10.0. The van der Waals surface area contributed by atoms with Crippen LogP contribution in [0.2, 0.25) is 0 Å². The number of rotatable bonds is 2. The van der Waals surface area contributed by atoms with Crippen molar-refractivity contribution >= 4 is 37.3 Å². The Hall–Kier alpha value is -0.690. The first kappa shape index (κ1) is 14.3. The van der Waals surface area contributed by atoms with E-state index in [-0.39, 0.29) is 0 Å². The van der Waals surface area contributed by atoms with Crippen molar-refractivity contribution in [2.45, 2.75) is 23.6 Å². The van der Waals surface area contributed by atoms with Crippen molar-refractivity contribution in [2.24, 2.45) is 0 Å². The molecule has 0 bridgehead atoms. The first-order chi connectivity index (χ1) is 9.57.